The number of benzene rings is 2. The summed E-state index contributed by atoms with van der Waals surface area (Å²) in [4.78, 5) is 0. The predicted octanol–water partition coefficient (Wildman–Crippen LogP) is 5.54. The molecule has 0 radical (unpaired) electrons. The van der Waals surface area contributed by atoms with Gasteiger partial charge in [0.15, 0.2) is 0 Å². The van der Waals surface area contributed by atoms with E-state index in [0.29, 0.717) is 16.6 Å². The SMILES string of the molecule is CC(C)Oc1ccc(C2CC(c3cccc4c3CCC4O)=CS2)cc1C#N. The van der Waals surface area contributed by atoms with Gasteiger partial charge in [-0.1, -0.05) is 24.3 Å². The first-order valence-electron chi connectivity index (χ1n) is 9.42. The van der Waals surface area contributed by atoms with Crippen molar-refractivity contribution in [3.63, 3.8) is 0 Å². The second-order valence-electron chi connectivity index (χ2n) is 7.43. The van der Waals surface area contributed by atoms with Crippen LogP contribution in [0.15, 0.2) is 41.8 Å². The molecule has 1 heterocycles. The normalized spacial score (nSPS) is 21.1. The van der Waals surface area contributed by atoms with Crippen molar-refractivity contribution in [2.45, 2.75) is 50.6 Å². The molecule has 0 saturated carbocycles. The molecule has 2 atom stereocenters. The van der Waals surface area contributed by atoms with Crippen LogP contribution in [0.5, 0.6) is 5.75 Å². The maximum Gasteiger partial charge on any atom is 0.137 e. The third kappa shape index (κ3) is 3.50. The Balaban J connectivity index is 1.56. The third-order valence-electron chi connectivity index (χ3n) is 5.22. The molecule has 0 bridgehead atoms. The molecular weight excluding hydrogens is 354 g/mol. The number of thioether (sulfide) groups is 1. The van der Waals surface area contributed by atoms with Gasteiger partial charge in [0, 0.05) is 5.25 Å². The minimum Gasteiger partial charge on any atom is -0.490 e. The van der Waals surface area contributed by atoms with E-state index in [-0.39, 0.29) is 12.2 Å². The zero-order chi connectivity index (χ0) is 19.0. The summed E-state index contributed by atoms with van der Waals surface area (Å²) in [5, 5.41) is 22.2. The highest BCUT2D eigenvalue weighted by Crippen LogP contribution is 2.48. The van der Waals surface area contributed by atoms with Crippen molar-refractivity contribution in [2.24, 2.45) is 0 Å². The molecule has 1 N–H and O–H groups in total. The molecule has 0 saturated heterocycles. The van der Waals surface area contributed by atoms with Gasteiger partial charge in [-0.3, -0.25) is 0 Å². The van der Waals surface area contributed by atoms with Crippen LogP contribution in [0.2, 0.25) is 0 Å². The van der Waals surface area contributed by atoms with Crippen LogP contribution in [-0.2, 0) is 6.42 Å². The second kappa shape index (κ2) is 7.42. The van der Waals surface area contributed by atoms with E-state index < -0.39 is 0 Å². The number of aliphatic hydroxyl groups excluding tert-OH is 1. The van der Waals surface area contributed by atoms with E-state index in [1.54, 1.807) is 0 Å². The van der Waals surface area contributed by atoms with Gasteiger partial charge in [0.25, 0.3) is 0 Å². The molecule has 1 aliphatic carbocycles. The zero-order valence-electron chi connectivity index (χ0n) is 15.6. The van der Waals surface area contributed by atoms with Crippen LogP contribution >= 0.6 is 11.8 Å². The Hall–Kier alpha value is -2.22. The maximum absolute atomic E-state index is 10.2. The number of nitrogens with zero attached hydrogens (tertiary/aromatic N) is 1. The fourth-order valence-corrected chi connectivity index (χ4v) is 5.09. The molecule has 2 unspecified atom stereocenters. The first kappa shape index (κ1) is 18.2. The Labute approximate surface area is 164 Å². The molecule has 4 heteroatoms. The van der Waals surface area contributed by atoms with Crippen molar-refractivity contribution in [2.75, 3.05) is 0 Å². The van der Waals surface area contributed by atoms with Gasteiger partial charge < -0.3 is 9.84 Å². The lowest BCUT2D eigenvalue weighted by atomic mass is 9.93. The number of nitriles is 1. The van der Waals surface area contributed by atoms with Crippen LogP contribution in [0.1, 0.15) is 65.9 Å². The molecule has 27 heavy (non-hydrogen) atoms. The average Bonchev–Trinajstić information content (AvgIpc) is 3.29. The van der Waals surface area contributed by atoms with Gasteiger partial charge >= 0.3 is 0 Å². The van der Waals surface area contributed by atoms with E-state index in [4.69, 9.17) is 4.74 Å². The monoisotopic (exact) mass is 377 g/mol. The molecular formula is C23H23NO2S. The van der Waals surface area contributed by atoms with Gasteiger partial charge in [-0.15, -0.1) is 11.8 Å². The Morgan fingerprint density at radius 3 is 2.89 bits per heavy atom. The fraction of sp³-hybridized carbons (Fsp3) is 0.348. The van der Waals surface area contributed by atoms with Crippen molar-refractivity contribution in [1.82, 2.24) is 0 Å². The lowest BCUT2D eigenvalue weighted by molar-refractivity contribution is 0.180. The smallest absolute Gasteiger partial charge is 0.137 e. The number of hydrogen-bond donors (Lipinski definition) is 1. The minimum absolute atomic E-state index is 0.0487. The van der Waals surface area contributed by atoms with Crippen LogP contribution in [0.3, 0.4) is 0 Å². The molecule has 1 aliphatic heterocycles. The van der Waals surface area contributed by atoms with E-state index in [0.717, 1.165) is 30.4 Å². The molecule has 3 nitrogen and oxygen atoms in total. The first-order valence-corrected chi connectivity index (χ1v) is 10.4. The summed E-state index contributed by atoms with van der Waals surface area (Å²) in [6.07, 6.45) is 2.43. The van der Waals surface area contributed by atoms with Gasteiger partial charge in [-0.25, -0.2) is 0 Å². The van der Waals surface area contributed by atoms with Crippen LogP contribution in [-0.4, -0.2) is 11.2 Å². The van der Waals surface area contributed by atoms with Gasteiger partial charge in [0.2, 0.25) is 0 Å². The van der Waals surface area contributed by atoms with E-state index in [2.05, 4.69) is 23.6 Å². The largest absolute Gasteiger partial charge is 0.490 e. The molecule has 0 amide bonds. The fourth-order valence-electron chi connectivity index (χ4n) is 3.96. The van der Waals surface area contributed by atoms with Crippen LogP contribution in [0.4, 0.5) is 0 Å². The van der Waals surface area contributed by atoms with Crippen molar-refractivity contribution in [3.05, 3.63) is 69.6 Å². The molecule has 138 valence electrons. The van der Waals surface area contributed by atoms with Crippen molar-refractivity contribution < 1.29 is 9.84 Å². The Bertz CT molecular complexity index is 942. The number of allylic oxidation sites excluding steroid dienone is 1. The third-order valence-corrected chi connectivity index (χ3v) is 6.41. The highest BCUT2D eigenvalue weighted by molar-refractivity contribution is 8.02. The molecule has 2 aromatic rings. The lowest BCUT2D eigenvalue weighted by Crippen LogP contribution is -2.07. The van der Waals surface area contributed by atoms with E-state index in [9.17, 15) is 10.4 Å². The van der Waals surface area contributed by atoms with Crippen molar-refractivity contribution in [1.29, 1.82) is 5.26 Å². The number of aliphatic hydroxyl groups is 1. The summed E-state index contributed by atoms with van der Waals surface area (Å²) in [6, 6.07) is 14.5. The highest BCUT2D eigenvalue weighted by Gasteiger charge is 2.27. The standard InChI is InChI=1S/C23H23NO2S/c1-14(2)26-22-9-6-15(10-16(22)12-24)23-11-17(13-27-23)18-4-3-5-20-19(18)7-8-21(20)25/h3-6,9-10,13-14,21,23,25H,7-8,11H2,1-2H3. The highest BCUT2D eigenvalue weighted by atomic mass is 32.2. The van der Waals surface area contributed by atoms with Gasteiger partial charge in [0.05, 0.1) is 17.8 Å². The molecule has 0 spiro atoms. The zero-order valence-corrected chi connectivity index (χ0v) is 16.4. The maximum atomic E-state index is 10.2. The Kier molecular flexibility index (Phi) is 4.99. The minimum atomic E-state index is -0.322. The molecule has 0 fully saturated rings. The number of rotatable bonds is 4. The molecule has 4 rings (SSSR count). The predicted molar refractivity (Wildman–Crippen MR) is 110 cm³/mol. The molecule has 0 aromatic heterocycles. The second-order valence-corrected chi connectivity index (χ2v) is 8.51. The summed E-state index contributed by atoms with van der Waals surface area (Å²) < 4.78 is 5.74. The van der Waals surface area contributed by atoms with Crippen LogP contribution < -0.4 is 4.74 Å². The summed E-state index contributed by atoms with van der Waals surface area (Å²) in [5.74, 6) is 0.655. The van der Waals surface area contributed by atoms with Gasteiger partial charge in [-0.05, 0) is 78.5 Å². The number of hydrogen-bond acceptors (Lipinski definition) is 4. The van der Waals surface area contributed by atoms with Crippen molar-refractivity contribution >= 4 is 17.3 Å². The summed E-state index contributed by atoms with van der Waals surface area (Å²) in [5.41, 5.74) is 6.75. The van der Waals surface area contributed by atoms with E-state index in [1.807, 2.05) is 49.9 Å². The van der Waals surface area contributed by atoms with E-state index in [1.165, 1.54) is 16.7 Å². The molecule has 2 aliphatic rings. The summed E-state index contributed by atoms with van der Waals surface area (Å²) >= 11 is 1.81. The Morgan fingerprint density at radius 1 is 1.26 bits per heavy atom. The quantitative estimate of drug-likeness (QED) is 0.759. The van der Waals surface area contributed by atoms with Crippen LogP contribution in [0, 0.1) is 11.3 Å². The summed E-state index contributed by atoms with van der Waals surface area (Å²) in [7, 11) is 0. The topological polar surface area (TPSA) is 53.2 Å². The molecule has 2 aromatic carbocycles. The summed E-state index contributed by atoms with van der Waals surface area (Å²) in [6.45, 7) is 3.93. The van der Waals surface area contributed by atoms with E-state index >= 15 is 0 Å². The number of fused-ring (bicyclic) bond motifs is 1. The number of ether oxygens (including phenoxy) is 1. The van der Waals surface area contributed by atoms with Gasteiger partial charge in [0.1, 0.15) is 11.8 Å². The van der Waals surface area contributed by atoms with Crippen molar-refractivity contribution in [3.8, 4) is 11.8 Å². The average molecular weight is 378 g/mol. The first-order chi connectivity index (χ1) is 13.1. The Morgan fingerprint density at radius 2 is 2.11 bits per heavy atom. The van der Waals surface area contributed by atoms with Crippen LogP contribution in [0.25, 0.3) is 5.57 Å². The van der Waals surface area contributed by atoms with Gasteiger partial charge in [-0.2, -0.15) is 5.26 Å². The lowest BCUT2D eigenvalue weighted by Gasteiger charge is -2.15.